The Balaban J connectivity index is 2.14. The Bertz CT molecular complexity index is 556. The van der Waals surface area contributed by atoms with Crippen LogP contribution in [0.25, 0.3) is 0 Å². The predicted molar refractivity (Wildman–Crippen MR) is 81.1 cm³/mol. The van der Waals surface area contributed by atoms with E-state index in [4.69, 9.17) is 5.73 Å². The average Bonchev–Trinajstić information content (AvgIpc) is 2.80. The van der Waals surface area contributed by atoms with Crippen molar-refractivity contribution in [1.82, 2.24) is 14.9 Å². The first-order valence-electron chi connectivity index (χ1n) is 6.77. The molecule has 4 N–H and O–H groups in total. The molecule has 0 aromatic carbocycles. The van der Waals surface area contributed by atoms with E-state index in [9.17, 15) is 8.42 Å². The van der Waals surface area contributed by atoms with Gasteiger partial charge in [-0.3, -0.25) is 5.10 Å². The quantitative estimate of drug-likeness (QED) is 0.755. The lowest BCUT2D eigenvalue weighted by molar-refractivity contribution is 0.420. The molecule has 20 heavy (non-hydrogen) atoms. The summed E-state index contributed by atoms with van der Waals surface area (Å²) >= 11 is 1.81. The fraction of sp³-hybridized carbons (Fsp3) is 0.750. The van der Waals surface area contributed by atoms with Gasteiger partial charge in [0.25, 0.3) is 10.0 Å². The number of thioether (sulfide) groups is 1. The summed E-state index contributed by atoms with van der Waals surface area (Å²) < 4.78 is 27.6. The van der Waals surface area contributed by atoms with Gasteiger partial charge in [-0.1, -0.05) is 6.42 Å². The molecule has 1 fully saturated rings. The third-order valence-electron chi connectivity index (χ3n) is 3.78. The summed E-state index contributed by atoms with van der Waals surface area (Å²) in [5.41, 5.74) is 6.89. The zero-order valence-electron chi connectivity index (χ0n) is 11.8. The second-order valence-electron chi connectivity index (χ2n) is 5.18. The van der Waals surface area contributed by atoms with Crippen molar-refractivity contribution in [1.29, 1.82) is 0 Å². The molecule has 0 aliphatic heterocycles. The molecule has 1 aliphatic carbocycles. The predicted octanol–water partition coefficient (Wildman–Crippen LogP) is 1.13. The maximum Gasteiger partial charge on any atom is 0.260 e. The number of nitrogens with zero attached hydrogens (tertiary/aromatic N) is 1. The lowest BCUT2D eigenvalue weighted by Gasteiger charge is -2.28. The molecule has 8 heteroatoms. The minimum absolute atomic E-state index is 0.00571. The number of aryl methyl sites for hydroxylation is 1. The molecule has 114 valence electrons. The van der Waals surface area contributed by atoms with Gasteiger partial charge in [0.05, 0.1) is 0 Å². The molecule has 0 amide bonds. The third kappa shape index (κ3) is 3.36. The molecular formula is C12H22N4O2S2. The van der Waals surface area contributed by atoms with E-state index in [1.54, 1.807) is 18.7 Å². The van der Waals surface area contributed by atoms with Crippen molar-refractivity contribution in [3.63, 3.8) is 0 Å². The topological polar surface area (TPSA) is 101 Å². The van der Waals surface area contributed by atoms with Crippen LogP contribution >= 0.6 is 11.8 Å². The molecule has 1 aliphatic rings. The van der Waals surface area contributed by atoms with Crippen LogP contribution in [0.5, 0.6) is 0 Å². The molecule has 1 aromatic rings. The molecule has 0 spiro atoms. The van der Waals surface area contributed by atoms with Crippen molar-refractivity contribution in [3.8, 4) is 0 Å². The van der Waals surface area contributed by atoms with Crippen LogP contribution < -0.4 is 10.5 Å². The number of aromatic amines is 1. The first kappa shape index (κ1) is 15.8. The van der Waals surface area contributed by atoms with E-state index in [2.05, 4.69) is 21.2 Å². The van der Waals surface area contributed by atoms with Gasteiger partial charge in [-0.15, -0.1) is 0 Å². The van der Waals surface area contributed by atoms with Gasteiger partial charge in [0.1, 0.15) is 0 Å². The second kappa shape index (κ2) is 6.46. The summed E-state index contributed by atoms with van der Waals surface area (Å²) in [6.07, 6.45) is 6.06. The van der Waals surface area contributed by atoms with E-state index in [0.717, 1.165) is 25.7 Å². The van der Waals surface area contributed by atoms with Crippen molar-refractivity contribution in [3.05, 3.63) is 11.3 Å². The van der Waals surface area contributed by atoms with Crippen molar-refractivity contribution in [2.24, 2.45) is 5.73 Å². The zero-order chi connectivity index (χ0) is 14.8. The van der Waals surface area contributed by atoms with Crippen molar-refractivity contribution >= 4 is 21.8 Å². The first-order chi connectivity index (χ1) is 9.47. The van der Waals surface area contributed by atoms with Crippen molar-refractivity contribution < 1.29 is 8.42 Å². The van der Waals surface area contributed by atoms with Gasteiger partial charge in [0.15, 0.2) is 5.03 Å². The number of sulfonamides is 1. The maximum absolute atomic E-state index is 12.4. The standard InChI is InChI=1S/C12H22N4O2S2/c1-8-11(7-13)12(15-14-8)20(17,18)16-9-4-3-5-10(6-9)19-2/h9-10,16H,3-7,13H2,1-2H3,(H,14,15). The van der Waals surface area contributed by atoms with E-state index < -0.39 is 10.0 Å². The molecule has 0 bridgehead atoms. The number of hydrogen-bond acceptors (Lipinski definition) is 5. The van der Waals surface area contributed by atoms with E-state index in [0.29, 0.717) is 16.5 Å². The molecule has 1 saturated carbocycles. The largest absolute Gasteiger partial charge is 0.326 e. The normalized spacial score (nSPS) is 23.9. The number of H-pyrrole nitrogens is 1. The number of nitrogens with two attached hydrogens (primary N) is 1. The SMILES string of the molecule is CSC1CCCC(NS(=O)(=O)c2n[nH]c(C)c2CN)C1. The summed E-state index contributed by atoms with van der Waals surface area (Å²) in [6.45, 7) is 1.94. The molecular weight excluding hydrogens is 296 g/mol. The van der Waals surface area contributed by atoms with E-state index in [-0.39, 0.29) is 17.6 Å². The Kier molecular flexibility index (Phi) is 5.11. The van der Waals surface area contributed by atoms with Gasteiger partial charge in [0, 0.05) is 29.1 Å². The Morgan fingerprint density at radius 2 is 2.25 bits per heavy atom. The number of rotatable bonds is 5. The minimum atomic E-state index is -3.60. The molecule has 0 saturated heterocycles. The molecule has 6 nitrogen and oxygen atoms in total. The molecule has 0 radical (unpaired) electrons. The summed E-state index contributed by atoms with van der Waals surface area (Å²) in [5.74, 6) is 0. The highest BCUT2D eigenvalue weighted by atomic mass is 32.2. The van der Waals surface area contributed by atoms with Crippen LogP contribution in [0.4, 0.5) is 0 Å². The van der Waals surface area contributed by atoms with Gasteiger partial charge in [-0.25, -0.2) is 13.1 Å². The average molecular weight is 318 g/mol. The van der Waals surface area contributed by atoms with Gasteiger partial charge < -0.3 is 5.73 Å². The lowest BCUT2D eigenvalue weighted by atomic mass is 9.96. The van der Waals surface area contributed by atoms with Gasteiger partial charge in [0.2, 0.25) is 0 Å². The summed E-state index contributed by atoms with van der Waals surface area (Å²) in [7, 11) is -3.60. The molecule has 2 unspecified atom stereocenters. The molecule has 1 aromatic heterocycles. The summed E-state index contributed by atoms with van der Waals surface area (Å²) in [4.78, 5) is 0. The number of hydrogen-bond donors (Lipinski definition) is 3. The van der Waals surface area contributed by atoms with Crippen LogP contribution in [0.1, 0.15) is 36.9 Å². The Labute approximate surface area is 124 Å². The highest BCUT2D eigenvalue weighted by Crippen LogP contribution is 2.28. The van der Waals surface area contributed by atoms with Crippen LogP contribution in [0.15, 0.2) is 5.03 Å². The highest BCUT2D eigenvalue weighted by Gasteiger charge is 2.29. The number of aromatic nitrogens is 2. The lowest BCUT2D eigenvalue weighted by Crippen LogP contribution is -2.39. The third-order valence-corrected chi connectivity index (χ3v) is 6.36. The van der Waals surface area contributed by atoms with Gasteiger partial charge >= 0.3 is 0 Å². The van der Waals surface area contributed by atoms with Gasteiger partial charge in [-0.2, -0.15) is 16.9 Å². The van der Waals surface area contributed by atoms with Crippen LogP contribution in [-0.2, 0) is 16.6 Å². The van der Waals surface area contributed by atoms with Crippen LogP contribution in [0.3, 0.4) is 0 Å². The van der Waals surface area contributed by atoms with Crippen molar-refractivity contribution in [2.45, 2.75) is 55.5 Å². The second-order valence-corrected chi connectivity index (χ2v) is 7.95. The smallest absolute Gasteiger partial charge is 0.260 e. The monoisotopic (exact) mass is 318 g/mol. The summed E-state index contributed by atoms with van der Waals surface area (Å²) in [5, 5.41) is 7.18. The summed E-state index contributed by atoms with van der Waals surface area (Å²) in [6, 6.07) is -0.00571. The van der Waals surface area contributed by atoms with E-state index in [1.165, 1.54) is 0 Å². The fourth-order valence-electron chi connectivity index (χ4n) is 2.63. The zero-order valence-corrected chi connectivity index (χ0v) is 13.5. The van der Waals surface area contributed by atoms with Crippen molar-refractivity contribution in [2.75, 3.05) is 6.26 Å². The Hall–Kier alpha value is -0.570. The van der Waals surface area contributed by atoms with E-state index >= 15 is 0 Å². The fourth-order valence-corrected chi connectivity index (χ4v) is 4.95. The van der Waals surface area contributed by atoms with Gasteiger partial charge in [-0.05, 0) is 32.4 Å². The Morgan fingerprint density at radius 1 is 1.50 bits per heavy atom. The van der Waals surface area contributed by atoms with Crippen LogP contribution in [0.2, 0.25) is 0 Å². The van der Waals surface area contributed by atoms with Crippen LogP contribution in [0, 0.1) is 6.92 Å². The number of nitrogens with one attached hydrogen (secondary N) is 2. The minimum Gasteiger partial charge on any atom is -0.326 e. The molecule has 2 rings (SSSR count). The maximum atomic E-state index is 12.4. The molecule has 2 atom stereocenters. The first-order valence-corrected chi connectivity index (χ1v) is 9.54. The highest BCUT2D eigenvalue weighted by molar-refractivity contribution is 7.99. The molecule has 1 heterocycles. The van der Waals surface area contributed by atoms with Crippen LogP contribution in [-0.4, -0.2) is 36.2 Å². The van der Waals surface area contributed by atoms with E-state index in [1.807, 2.05) is 0 Å². The Morgan fingerprint density at radius 3 is 2.90 bits per heavy atom.